The SMILES string of the molecule is Cc1cc(Br)c(NCc2c(C)n[nH]c2C)cc1Cl. The van der Waals surface area contributed by atoms with E-state index in [9.17, 15) is 0 Å². The van der Waals surface area contributed by atoms with Crippen LogP contribution in [0.1, 0.15) is 22.5 Å². The van der Waals surface area contributed by atoms with Crippen LogP contribution in [0.4, 0.5) is 5.69 Å². The van der Waals surface area contributed by atoms with E-state index in [1.54, 1.807) is 0 Å². The van der Waals surface area contributed by atoms with E-state index in [2.05, 4.69) is 31.4 Å². The Labute approximate surface area is 120 Å². The molecule has 0 spiro atoms. The van der Waals surface area contributed by atoms with Crippen LogP contribution in [0.15, 0.2) is 16.6 Å². The predicted octanol–water partition coefficient (Wildman–Crippen LogP) is 4.36. The third-order valence-electron chi connectivity index (χ3n) is 2.98. The number of hydrogen-bond donors (Lipinski definition) is 2. The number of aryl methyl sites for hydroxylation is 3. The maximum absolute atomic E-state index is 6.13. The van der Waals surface area contributed by atoms with Gasteiger partial charge in [-0.05, 0) is 54.4 Å². The van der Waals surface area contributed by atoms with Crippen molar-refractivity contribution in [1.29, 1.82) is 0 Å². The number of hydrogen-bond acceptors (Lipinski definition) is 2. The third kappa shape index (κ3) is 2.70. The molecule has 0 bridgehead atoms. The topological polar surface area (TPSA) is 40.7 Å². The first-order valence-electron chi connectivity index (χ1n) is 5.69. The maximum Gasteiger partial charge on any atom is 0.0643 e. The highest BCUT2D eigenvalue weighted by Gasteiger charge is 2.08. The Morgan fingerprint density at radius 2 is 2.06 bits per heavy atom. The first kappa shape index (κ1) is 13.4. The van der Waals surface area contributed by atoms with Gasteiger partial charge in [-0.25, -0.2) is 0 Å². The Bertz CT molecular complexity index is 558. The number of H-pyrrole nitrogens is 1. The molecular weight excluding hydrogens is 314 g/mol. The van der Waals surface area contributed by atoms with E-state index in [1.807, 2.05) is 32.9 Å². The molecule has 5 heteroatoms. The first-order valence-corrected chi connectivity index (χ1v) is 6.86. The number of halogens is 2. The van der Waals surface area contributed by atoms with Crippen molar-refractivity contribution in [1.82, 2.24) is 10.2 Å². The lowest BCUT2D eigenvalue weighted by atomic mass is 10.2. The molecule has 2 rings (SSSR count). The molecule has 1 aromatic carbocycles. The Morgan fingerprint density at radius 3 is 2.67 bits per heavy atom. The lowest BCUT2D eigenvalue weighted by Crippen LogP contribution is -2.02. The molecule has 2 aromatic rings. The van der Waals surface area contributed by atoms with E-state index in [0.717, 1.165) is 38.7 Å². The van der Waals surface area contributed by atoms with E-state index < -0.39 is 0 Å². The summed E-state index contributed by atoms with van der Waals surface area (Å²) >= 11 is 9.67. The van der Waals surface area contributed by atoms with Crippen molar-refractivity contribution >= 4 is 33.2 Å². The largest absolute Gasteiger partial charge is 0.380 e. The van der Waals surface area contributed by atoms with Gasteiger partial charge in [0.2, 0.25) is 0 Å². The Morgan fingerprint density at radius 1 is 1.33 bits per heavy atom. The number of anilines is 1. The van der Waals surface area contributed by atoms with Crippen LogP contribution < -0.4 is 5.32 Å². The average molecular weight is 329 g/mol. The number of nitrogens with zero attached hydrogens (tertiary/aromatic N) is 1. The number of nitrogens with one attached hydrogen (secondary N) is 2. The second-order valence-corrected chi connectivity index (χ2v) is 5.61. The molecule has 0 unspecified atom stereocenters. The van der Waals surface area contributed by atoms with Crippen molar-refractivity contribution in [2.45, 2.75) is 27.3 Å². The van der Waals surface area contributed by atoms with Crippen LogP contribution in [0.25, 0.3) is 0 Å². The van der Waals surface area contributed by atoms with Crippen molar-refractivity contribution in [3.8, 4) is 0 Å². The normalized spacial score (nSPS) is 10.7. The smallest absolute Gasteiger partial charge is 0.0643 e. The summed E-state index contributed by atoms with van der Waals surface area (Å²) in [5, 5.41) is 11.3. The zero-order valence-corrected chi connectivity index (χ0v) is 12.9. The molecule has 0 saturated carbocycles. The van der Waals surface area contributed by atoms with Crippen LogP contribution in [-0.4, -0.2) is 10.2 Å². The molecule has 0 aliphatic carbocycles. The average Bonchev–Trinajstić information content (AvgIpc) is 2.62. The molecule has 2 N–H and O–H groups in total. The van der Waals surface area contributed by atoms with Crippen molar-refractivity contribution in [3.63, 3.8) is 0 Å². The Kier molecular flexibility index (Phi) is 3.97. The van der Waals surface area contributed by atoms with Crippen LogP contribution in [-0.2, 0) is 6.54 Å². The second-order valence-electron chi connectivity index (χ2n) is 4.35. The van der Waals surface area contributed by atoms with Gasteiger partial charge >= 0.3 is 0 Å². The summed E-state index contributed by atoms with van der Waals surface area (Å²) in [6.07, 6.45) is 0. The molecule has 0 radical (unpaired) electrons. The highest BCUT2D eigenvalue weighted by Crippen LogP contribution is 2.29. The molecular formula is C13H15BrClN3. The highest BCUT2D eigenvalue weighted by atomic mass is 79.9. The molecule has 96 valence electrons. The highest BCUT2D eigenvalue weighted by molar-refractivity contribution is 9.10. The molecule has 0 aliphatic rings. The van der Waals surface area contributed by atoms with Gasteiger partial charge in [0.25, 0.3) is 0 Å². The van der Waals surface area contributed by atoms with Gasteiger partial charge in [-0.1, -0.05) is 11.6 Å². The number of rotatable bonds is 3. The van der Waals surface area contributed by atoms with Gasteiger partial charge in [-0.3, -0.25) is 5.10 Å². The van der Waals surface area contributed by atoms with Gasteiger partial charge in [0.05, 0.1) is 11.4 Å². The lowest BCUT2D eigenvalue weighted by molar-refractivity contribution is 1.02. The summed E-state index contributed by atoms with van der Waals surface area (Å²) in [7, 11) is 0. The zero-order valence-electron chi connectivity index (χ0n) is 10.6. The summed E-state index contributed by atoms with van der Waals surface area (Å²) in [5.74, 6) is 0. The third-order valence-corrected chi connectivity index (χ3v) is 4.05. The minimum absolute atomic E-state index is 0.728. The molecule has 3 nitrogen and oxygen atoms in total. The van der Waals surface area contributed by atoms with Crippen LogP contribution in [0.3, 0.4) is 0 Å². The molecule has 0 saturated heterocycles. The maximum atomic E-state index is 6.13. The Balaban J connectivity index is 2.18. The van der Waals surface area contributed by atoms with E-state index in [1.165, 1.54) is 5.56 Å². The molecule has 1 aromatic heterocycles. The number of aromatic nitrogens is 2. The summed E-state index contributed by atoms with van der Waals surface area (Å²) in [4.78, 5) is 0. The molecule has 0 aliphatic heterocycles. The quantitative estimate of drug-likeness (QED) is 0.878. The molecule has 18 heavy (non-hydrogen) atoms. The fourth-order valence-electron chi connectivity index (χ4n) is 1.80. The summed E-state index contributed by atoms with van der Waals surface area (Å²) in [6.45, 7) is 6.74. The molecule has 0 fully saturated rings. The van der Waals surface area contributed by atoms with Crippen LogP contribution in [0.5, 0.6) is 0 Å². The molecule has 1 heterocycles. The van der Waals surface area contributed by atoms with Gasteiger partial charge in [-0.2, -0.15) is 5.10 Å². The van der Waals surface area contributed by atoms with Gasteiger partial charge in [0, 0.05) is 27.3 Å². The monoisotopic (exact) mass is 327 g/mol. The van der Waals surface area contributed by atoms with E-state index in [4.69, 9.17) is 11.6 Å². The first-order chi connectivity index (χ1) is 8.49. The Hall–Kier alpha value is -1.000. The van der Waals surface area contributed by atoms with Gasteiger partial charge < -0.3 is 5.32 Å². The van der Waals surface area contributed by atoms with Crippen molar-refractivity contribution in [3.05, 3.63) is 44.1 Å². The zero-order chi connectivity index (χ0) is 13.3. The minimum Gasteiger partial charge on any atom is -0.380 e. The number of benzene rings is 1. The van der Waals surface area contributed by atoms with Crippen molar-refractivity contribution in [2.75, 3.05) is 5.32 Å². The van der Waals surface area contributed by atoms with Crippen LogP contribution >= 0.6 is 27.5 Å². The van der Waals surface area contributed by atoms with Gasteiger partial charge in [0.1, 0.15) is 0 Å². The fraction of sp³-hybridized carbons (Fsp3) is 0.308. The van der Waals surface area contributed by atoms with E-state index in [0.29, 0.717) is 0 Å². The summed E-state index contributed by atoms with van der Waals surface area (Å²) < 4.78 is 1.02. The summed E-state index contributed by atoms with van der Waals surface area (Å²) in [6, 6.07) is 3.95. The van der Waals surface area contributed by atoms with E-state index >= 15 is 0 Å². The van der Waals surface area contributed by atoms with Crippen molar-refractivity contribution in [2.24, 2.45) is 0 Å². The van der Waals surface area contributed by atoms with Crippen molar-refractivity contribution < 1.29 is 0 Å². The molecule has 0 atom stereocenters. The fourth-order valence-corrected chi connectivity index (χ4v) is 2.56. The number of aromatic amines is 1. The standard InChI is InChI=1S/C13H15BrClN3/c1-7-4-11(14)13(5-12(7)15)16-6-10-8(2)17-18-9(10)3/h4-5,16H,6H2,1-3H3,(H,17,18). The van der Waals surface area contributed by atoms with Crippen LogP contribution in [0.2, 0.25) is 5.02 Å². The minimum atomic E-state index is 0.728. The molecule has 0 amide bonds. The van der Waals surface area contributed by atoms with Gasteiger partial charge in [0.15, 0.2) is 0 Å². The second kappa shape index (κ2) is 5.33. The summed E-state index contributed by atoms with van der Waals surface area (Å²) in [5.41, 5.74) is 5.36. The van der Waals surface area contributed by atoms with Crippen LogP contribution in [0, 0.1) is 20.8 Å². The predicted molar refractivity (Wildman–Crippen MR) is 79.3 cm³/mol. The lowest BCUT2D eigenvalue weighted by Gasteiger charge is -2.10. The van der Waals surface area contributed by atoms with E-state index in [-0.39, 0.29) is 0 Å². The van der Waals surface area contributed by atoms with Gasteiger partial charge in [-0.15, -0.1) is 0 Å².